The summed E-state index contributed by atoms with van der Waals surface area (Å²) in [6, 6.07) is 60.2. The second-order valence-corrected chi connectivity index (χ2v) is 16.0. The maximum atomic E-state index is 6.52. The van der Waals surface area contributed by atoms with Crippen molar-refractivity contribution in [2.75, 3.05) is 4.90 Å². The molecule has 6 heteroatoms. The minimum absolute atomic E-state index is 0.632. The molecule has 0 saturated heterocycles. The van der Waals surface area contributed by atoms with Crippen LogP contribution < -0.4 is 4.90 Å². The lowest BCUT2D eigenvalue weighted by molar-refractivity contribution is 0.620. The van der Waals surface area contributed by atoms with Crippen LogP contribution in [0.2, 0.25) is 0 Å². The fraction of sp³-hybridized carbons (Fsp3) is 0. The van der Waals surface area contributed by atoms with Crippen LogP contribution in [0.3, 0.4) is 0 Å². The lowest BCUT2D eigenvalue weighted by Crippen LogP contribution is -2.09. The summed E-state index contributed by atoms with van der Waals surface area (Å²) in [4.78, 5) is 7.43. The van der Waals surface area contributed by atoms with Crippen LogP contribution in [0.5, 0.6) is 0 Å². The van der Waals surface area contributed by atoms with Gasteiger partial charge < -0.3 is 13.7 Å². The van der Waals surface area contributed by atoms with Crippen molar-refractivity contribution < 1.29 is 8.83 Å². The smallest absolute Gasteiger partial charge is 0.227 e. The van der Waals surface area contributed by atoms with E-state index in [2.05, 4.69) is 132 Å². The Bertz CT molecular complexity index is 3330. The van der Waals surface area contributed by atoms with Crippen LogP contribution >= 0.6 is 22.7 Å². The maximum Gasteiger partial charge on any atom is 0.227 e. The van der Waals surface area contributed by atoms with Gasteiger partial charge in [0, 0.05) is 79.3 Å². The molecule has 0 aliphatic carbocycles. The van der Waals surface area contributed by atoms with E-state index < -0.39 is 0 Å². The third-order valence-electron chi connectivity index (χ3n) is 10.7. The van der Waals surface area contributed by atoms with Crippen molar-refractivity contribution >= 4 is 113 Å². The Balaban J connectivity index is 1.05. The first kappa shape index (κ1) is 30.7. The number of aromatic nitrogens is 1. The predicted molar refractivity (Wildman–Crippen MR) is 233 cm³/mol. The molecule has 0 aliphatic heterocycles. The number of hydrogen-bond donors (Lipinski definition) is 0. The average Bonchev–Trinajstić information content (AvgIpc) is 4.02. The third-order valence-corrected chi connectivity index (χ3v) is 13.1. The molecular formula is C49H28N2O2S2. The van der Waals surface area contributed by atoms with Gasteiger partial charge in [0.05, 0.1) is 0 Å². The highest BCUT2D eigenvalue weighted by molar-refractivity contribution is 7.26. The molecular weight excluding hydrogens is 713 g/mol. The number of anilines is 3. The Morgan fingerprint density at radius 3 is 1.89 bits per heavy atom. The van der Waals surface area contributed by atoms with Gasteiger partial charge in [-0.3, -0.25) is 0 Å². The van der Waals surface area contributed by atoms with Crippen molar-refractivity contribution in [2.24, 2.45) is 0 Å². The van der Waals surface area contributed by atoms with Gasteiger partial charge in [-0.25, -0.2) is 4.98 Å². The van der Waals surface area contributed by atoms with Gasteiger partial charge in [0.15, 0.2) is 5.58 Å². The molecule has 8 aromatic carbocycles. The minimum Gasteiger partial charge on any atom is -0.456 e. The van der Waals surface area contributed by atoms with Crippen molar-refractivity contribution in [1.29, 1.82) is 0 Å². The van der Waals surface area contributed by atoms with E-state index in [0.29, 0.717) is 5.89 Å². The summed E-state index contributed by atoms with van der Waals surface area (Å²) in [5, 5.41) is 7.09. The van der Waals surface area contributed by atoms with Gasteiger partial charge in [0.2, 0.25) is 5.89 Å². The number of furan rings is 1. The molecule has 0 spiro atoms. The Morgan fingerprint density at radius 2 is 1.05 bits per heavy atom. The molecule has 4 heterocycles. The molecule has 0 bridgehead atoms. The Hall–Kier alpha value is -6.73. The molecule has 12 rings (SSSR count). The molecule has 4 aromatic heterocycles. The number of rotatable bonds is 5. The van der Waals surface area contributed by atoms with Crippen LogP contribution in [0, 0.1) is 0 Å². The van der Waals surface area contributed by atoms with Gasteiger partial charge in [-0.2, -0.15) is 0 Å². The summed E-state index contributed by atoms with van der Waals surface area (Å²) in [6.45, 7) is 0. The molecule has 4 nitrogen and oxygen atoms in total. The average molecular weight is 741 g/mol. The summed E-state index contributed by atoms with van der Waals surface area (Å²) >= 11 is 3.65. The summed E-state index contributed by atoms with van der Waals surface area (Å²) in [5.74, 6) is 0.632. The lowest BCUT2D eigenvalue weighted by atomic mass is 10.0. The van der Waals surface area contributed by atoms with Crippen LogP contribution in [-0.2, 0) is 0 Å². The van der Waals surface area contributed by atoms with Gasteiger partial charge in [-0.1, -0.05) is 84.9 Å². The molecule has 0 N–H and O–H groups in total. The normalized spacial score (nSPS) is 12.0. The number of hydrogen-bond acceptors (Lipinski definition) is 6. The number of oxazole rings is 1. The van der Waals surface area contributed by atoms with E-state index in [1.54, 1.807) is 0 Å². The van der Waals surface area contributed by atoms with Crippen LogP contribution in [0.1, 0.15) is 0 Å². The van der Waals surface area contributed by atoms with Gasteiger partial charge in [-0.05, 0) is 90.5 Å². The summed E-state index contributed by atoms with van der Waals surface area (Å²) in [6.07, 6.45) is 0. The molecule has 55 heavy (non-hydrogen) atoms. The standard InChI is InChI=1S/C49H28N2O2S2/c1-2-10-30(11-3-1)49-50-47-42(53-49)28-37(48-46(47)36-14-6-9-17-44(36)55-48)29-18-20-31(21-19-29)51(32-22-24-41-38(26-32)34-12-4-7-15-40(34)52-41)33-23-25-45-39(27-33)35-13-5-8-16-43(35)54-45/h1-28H. The monoisotopic (exact) mass is 740 g/mol. The first-order valence-electron chi connectivity index (χ1n) is 18.3. The Labute approximate surface area is 322 Å². The van der Waals surface area contributed by atoms with E-state index in [4.69, 9.17) is 13.8 Å². The molecule has 0 aliphatic rings. The number of benzene rings is 8. The summed E-state index contributed by atoms with van der Waals surface area (Å²) in [5.41, 5.74) is 9.90. The van der Waals surface area contributed by atoms with Crippen LogP contribution in [0.25, 0.3) is 96.0 Å². The Morgan fingerprint density at radius 1 is 0.418 bits per heavy atom. The molecule has 0 fully saturated rings. The third kappa shape index (κ3) is 4.79. The zero-order valence-corrected chi connectivity index (χ0v) is 30.8. The number of thiophene rings is 2. The van der Waals surface area contributed by atoms with E-state index in [1.165, 1.54) is 35.0 Å². The topological polar surface area (TPSA) is 42.4 Å². The lowest BCUT2D eigenvalue weighted by Gasteiger charge is -2.26. The van der Waals surface area contributed by atoms with Gasteiger partial charge in [0.25, 0.3) is 0 Å². The van der Waals surface area contributed by atoms with E-state index in [9.17, 15) is 0 Å². The van der Waals surface area contributed by atoms with Gasteiger partial charge >= 0.3 is 0 Å². The number of nitrogens with zero attached hydrogens (tertiary/aromatic N) is 2. The zero-order chi connectivity index (χ0) is 36.0. The first-order chi connectivity index (χ1) is 27.2. The van der Waals surface area contributed by atoms with Crippen molar-refractivity contribution in [3.63, 3.8) is 0 Å². The van der Waals surface area contributed by atoms with Crippen molar-refractivity contribution in [3.8, 4) is 22.6 Å². The van der Waals surface area contributed by atoms with Gasteiger partial charge in [-0.15, -0.1) is 22.7 Å². The molecule has 258 valence electrons. The van der Waals surface area contributed by atoms with E-state index in [-0.39, 0.29) is 0 Å². The molecule has 0 amide bonds. The quantitative estimate of drug-likeness (QED) is 0.176. The van der Waals surface area contributed by atoms with Crippen LogP contribution in [0.4, 0.5) is 17.1 Å². The van der Waals surface area contributed by atoms with Crippen molar-refractivity contribution in [1.82, 2.24) is 4.98 Å². The highest BCUT2D eigenvalue weighted by atomic mass is 32.1. The van der Waals surface area contributed by atoms with Crippen LogP contribution in [0.15, 0.2) is 179 Å². The fourth-order valence-corrected chi connectivity index (χ4v) is 10.5. The maximum absolute atomic E-state index is 6.52. The SMILES string of the molecule is c1ccc(-c2nc3c(cc(-c4ccc(N(c5ccc6oc7ccccc7c6c5)c5ccc6sc7ccccc7c6c5)cc4)c4sc5ccccc5c43)o2)cc1. The molecule has 0 atom stereocenters. The van der Waals surface area contributed by atoms with Gasteiger partial charge in [0.1, 0.15) is 16.7 Å². The number of para-hydroxylation sites is 1. The first-order valence-corrected chi connectivity index (χ1v) is 19.9. The Kier molecular flexibility index (Phi) is 6.64. The minimum atomic E-state index is 0.632. The predicted octanol–water partition coefficient (Wildman–Crippen LogP) is 15.3. The fourth-order valence-electron chi connectivity index (χ4n) is 8.14. The summed E-state index contributed by atoms with van der Waals surface area (Å²) < 4.78 is 17.8. The highest BCUT2D eigenvalue weighted by Crippen LogP contribution is 2.47. The molecule has 12 aromatic rings. The number of fused-ring (bicyclic) bond motifs is 11. The second-order valence-electron chi connectivity index (χ2n) is 13.9. The molecule has 0 radical (unpaired) electrons. The van der Waals surface area contributed by atoms with Crippen molar-refractivity contribution in [2.45, 2.75) is 0 Å². The molecule has 0 unspecified atom stereocenters. The van der Waals surface area contributed by atoms with E-state index >= 15 is 0 Å². The zero-order valence-electron chi connectivity index (χ0n) is 29.2. The highest BCUT2D eigenvalue weighted by Gasteiger charge is 2.21. The van der Waals surface area contributed by atoms with Crippen LogP contribution in [-0.4, -0.2) is 4.98 Å². The van der Waals surface area contributed by atoms with E-state index in [0.717, 1.165) is 72.2 Å². The van der Waals surface area contributed by atoms with E-state index in [1.807, 2.05) is 65.1 Å². The summed E-state index contributed by atoms with van der Waals surface area (Å²) in [7, 11) is 0. The largest absolute Gasteiger partial charge is 0.456 e. The van der Waals surface area contributed by atoms with Crippen molar-refractivity contribution in [3.05, 3.63) is 170 Å². The second kappa shape index (κ2) is 11.9. The molecule has 0 saturated carbocycles.